The van der Waals surface area contributed by atoms with Crippen molar-refractivity contribution in [1.29, 1.82) is 0 Å². The highest BCUT2D eigenvalue weighted by molar-refractivity contribution is 6.34. The number of amides is 1. The number of nitrogens with zero attached hydrogens (tertiary/aromatic N) is 1. The maximum Gasteiger partial charge on any atom is 0.336 e. The van der Waals surface area contributed by atoms with Crippen LogP contribution in [0, 0.1) is 0 Å². The van der Waals surface area contributed by atoms with Gasteiger partial charge in [0.25, 0.3) is 5.91 Å². The number of hydrogen-bond donors (Lipinski definition) is 1. The molecule has 20 heavy (non-hydrogen) atoms. The molecule has 7 heteroatoms. The molecule has 0 aromatic heterocycles. The molecule has 0 saturated carbocycles. The molecule has 1 unspecified atom stereocenters. The number of benzene rings is 1. The van der Waals surface area contributed by atoms with Crippen LogP contribution in [0.5, 0.6) is 0 Å². The zero-order chi connectivity index (χ0) is 14.7. The number of carbonyl (C=O) groups is 2. The van der Waals surface area contributed by atoms with E-state index in [2.05, 4.69) is 4.74 Å². The molecule has 1 aliphatic heterocycles. The van der Waals surface area contributed by atoms with Crippen molar-refractivity contribution in [1.82, 2.24) is 4.90 Å². The van der Waals surface area contributed by atoms with Crippen molar-refractivity contribution in [3.63, 3.8) is 0 Å². The Balaban J connectivity index is 2.16. The third-order valence-corrected chi connectivity index (χ3v) is 3.37. The van der Waals surface area contributed by atoms with Crippen LogP contribution < -0.4 is 5.73 Å². The number of esters is 1. The number of halogens is 1. The molecule has 1 saturated heterocycles. The highest BCUT2D eigenvalue weighted by Gasteiger charge is 2.31. The van der Waals surface area contributed by atoms with Crippen LogP contribution in [0.2, 0.25) is 5.02 Å². The van der Waals surface area contributed by atoms with E-state index in [1.165, 1.54) is 18.1 Å². The molecule has 1 aliphatic rings. The number of morpholine rings is 1. The number of carbonyl (C=O) groups excluding carboxylic acids is 2. The second-order valence-corrected chi connectivity index (χ2v) is 4.78. The van der Waals surface area contributed by atoms with Crippen LogP contribution in [0.25, 0.3) is 0 Å². The molecule has 1 amide bonds. The van der Waals surface area contributed by atoms with Crippen LogP contribution in [-0.4, -0.2) is 49.7 Å². The summed E-state index contributed by atoms with van der Waals surface area (Å²) in [5.74, 6) is -0.777. The van der Waals surface area contributed by atoms with Crippen molar-refractivity contribution in [2.45, 2.75) is 6.10 Å². The molecular weight excluding hydrogens is 284 g/mol. The van der Waals surface area contributed by atoms with E-state index in [0.717, 1.165) is 0 Å². The van der Waals surface area contributed by atoms with Crippen LogP contribution in [0.1, 0.15) is 10.4 Å². The number of ether oxygens (including phenoxy) is 2. The van der Waals surface area contributed by atoms with Gasteiger partial charge < -0.3 is 20.1 Å². The molecule has 0 spiro atoms. The van der Waals surface area contributed by atoms with Crippen molar-refractivity contribution in [2.24, 2.45) is 0 Å². The van der Waals surface area contributed by atoms with Crippen molar-refractivity contribution < 1.29 is 19.1 Å². The summed E-state index contributed by atoms with van der Waals surface area (Å²) in [6, 6.07) is 4.71. The molecule has 2 N–H and O–H groups in total. The average molecular weight is 299 g/mol. The van der Waals surface area contributed by atoms with Crippen LogP contribution in [0.4, 0.5) is 5.69 Å². The molecule has 6 nitrogen and oxygen atoms in total. The Kier molecular flexibility index (Phi) is 4.46. The molecule has 1 aromatic rings. The minimum atomic E-state index is -0.766. The Bertz CT molecular complexity index is 535. The number of methoxy groups -OCH3 is 1. The van der Waals surface area contributed by atoms with E-state index < -0.39 is 12.1 Å². The zero-order valence-corrected chi connectivity index (χ0v) is 11.7. The predicted octanol–water partition coefficient (Wildman–Crippen LogP) is 0.936. The van der Waals surface area contributed by atoms with Crippen LogP contribution in [0.3, 0.4) is 0 Å². The smallest absolute Gasteiger partial charge is 0.336 e. The minimum absolute atomic E-state index is 0.136. The number of anilines is 1. The second kappa shape index (κ2) is 6.11. The van der Waals surface area contributed by atoms with Crippen molar-refractivity contribution in [3.8, 4) is 0 Å². The molecule has 0 aliphatic carbocycles. The first-order chi connectivity index (χ1) is 9.52. The molecule has 1 atom stereocenters. The van der Waals surface area contributed by atoms with E-state index in [1.54, 1.807) is 12.1 Å². The van der Waals surface area contributed by atoms with Gasteiger partial charge in [0.15, 0.2) is 6.10 Å². The minimum Gasteiger partial charge on any atom is -0.467 e. The Labute approximate surface area is 121 Å². The Morgan fingerprint density at radius 3 is 2.95 bits per heavy atom. The van der Waals surface area contributed by atoms with Gasteiger partial charge >= 0.3 is 5.97 Å². The topological polar surface area (TPSA) is 81.9 Å². The third-order valence-electron chi connectivity index (χ3n) is 3.04. The van der Waals surface area contributed by atoms with Crippen LogP contribution in [0.15, 0.2) is 18.2 Å². The number of nitrogen functional groups attached to an aromatic ring is 1. The van der Waals surface area contributed by atoms with E-state index in [1.807, 2.05) is 0 Å². The van der Waals surface area contributed by atoms with Gasteiger partial charge in [-0.15, -0.1) is 0 Å². The first-order valence-electron chi connectivity index (χ1n) is 6.06. The monoisotopic (exact) mass is 298 g/mol. The lowest BCUT2D eigenvalue weighted by Gasteiger charge is -2.31. The number of rotatable bonds is 2. The van der Waals surface area contributed by atoms with Crippen LogP contribution >= 0.6 is 11.6 Å². The van der Waals surface area contributed by atoms with Gasteiger partial charge in [0.1, 0.15) is 0 Å². The summed E-state index contributed by atoms with van der Waals surface area (Å²) in [6.07, 6.45) is -0.766. The number of hydrogen-bond acceptors (Lipinski definition) is 5. The average Bonchev–Trinajstić information content (AvgIpc) is 2.48. The third kappa shape index (κ3) is 3.02. The highest BCUT2D eigenvalue weighted by Crippen LogP contribution is 2.21. The Hall–Kier alpha value is -1.79. The summed E-state index contributed by atoms with van der Waals surface area (Å²) in [5.41, 5.74) is 6.43. The summed E-state index contributed by atoms with van der Waals surface area (Å²) in [7, 11) is 1.28. The molecule has 1 fully saturated rings. The molecule has 0 radical (unpaired) electrons. The first kappa shape index (κ1) is 14.6. The largest absolute Gasteiger partial charge is 0.467 e. The molecule has 1 aromatic carbocycles. The van der Waals surface area contributed by atoms with Gasteiger partial charge in [-0.3, -0.25) is 4.79 Å². The van der Waals surface area contributed by atoms with E-state index in [4.69, 9.17) is 22.1 Å². The van der Waals surface area contributed by atoms with Gasteiger partial charge in [0.05, 0.1) is 30.8 Å². The highest BCUT2D eigenvalue weighted by atomic mass is 35.5. The van der Waals surface area contributed by atoms with Gasteiger partial charge in [0, 0.05) is 12.2 Å². The van der Waals surface area contributed by atoms with Crippen molar-refractivity contribution >= 4 is 29.2 Å². The fourth-order valence-electron chi connectivity index (χ4n) is 1.98. The Morgan fingerprint density at radius 1 is 1.50 bits per heavy atom. The van der Waals surface area contributed by atoms with Gasteiger partial charge in [-0.05, 0) is 18.2 Å². The Morgan fingerprint density at radius 2 is 2.25 bits per heavy atom. The summed E-state index contributed by atoms with van der Waals surface area (Å²) in [4.78, 5) is 25.4. The molecule has 1 heterocycles. The lowest BCUT2D eigenvalue weighted by molar-refractivity contribution is -0.158. The fraction of sp³-hybridized carbons (Fsp3) is 0.385. The molecular formula is C13H15ClN2O4. The molecule has 2 rings (SSSR count). The quantitative estimate of drug-likeness (QED) is 0.649. The van der Waals surface area contributed by atoms with E-state index >= 15 is 0 Å². The molecule has 108 valence electrons. The van der Waals surface area contributed by atoms with Gasteiger partial charge in [-0.25, -0.2) is 4.79 Å². The van der Waals surface area contributed by atoms with Crippen molar-refractivity contribution in [2.75, 3.05) is 32.5 Å². The standard InChI is InChI=1S/C13H15ClN2O4/c1-19-13(18)11-7-16(4-5-20-11)12(17)9-6-8(15)2-3-10(9)14/h2-3,6,11H,4-5,7,15H2,1H3. The van der Waals surface area contributed by atoms with Crippen LogP contribution in [-0.2, 0) is 14.3 Å². The second-order valence-electron chi connectivity index (χ2n) is 4.37. The lowest BCUT2D eigenvalue weighted by Crippen LogP contribution is -2.49. The first-order valence-corrected chi connectivity index (χ1v) is 6.44. The summed E-state index contributed by atoms with van der Waals surface area (Å²) in [5, 5.41) is 0.324. The summed E-state index contributed by atoms with van der Waals surface area (Å²) in [6.45, 7) is 0.791. The fourth-order valence-corrected chi connectivity index (χ4v) is 2.18. The molecule has 0 bridgehead atoms. The SMILES string of the molecule is COC(=O)C1CN(C(=O)c2cc(N)ccc2Cl)CCO1. The number of nitrogens with two attached hydrogens (primary N) is 1. The summed E-state index contributed by atoms with van der Waals surface area (Å²) < 4.78 is 9.89. The van der Waals surface area contributed by atoms with E-state index in [9.17, 15) is 9.59 Å². The normalized spacial score (nSPS) is 18.7. The van der Waals surface area contributed by atoms with Gasteiger partial charge in [-0.2, -0.15) is 0 Å². The van der Waals surface area contributed by atoms with E-state index in [0.29, 0.717) is 22.8 Å². The maximum absolute atomic E-state index is 12.4. The van der Waals surface area contributed by atoms with Crippen molar-refractivity contribution in [3.05, 3.63) is 28.8 Å². The summed E-state index contributed by atoms with van der Waals surface area (Å²) >= 11 is 6.01. The lowest BCUT2D eigenvalue weighted by atomic mass is 10.1. The predicted molar refractivity (Wildman–Crippen MR) is 73.5 cm³/mol. The van der Waals surface area contributed by atoms with E-state index in [-0.39, 0.29) is 19.1 Å². The maximum atomic E-state index is 12.4. The van der Waals surface area contributed by atoms with Gasteiger partial charge in [-0.1, -0.05) is 11.6 Å². The zero-order valence-electron chi connectivity index (χ0n) is 11.0. The van der Waals surface area contributed by atoms with Gasteiger partial charge in [0.2, 0.25) is 0 Å².